The van der Waals surface area contributed by atoms with Crippen LogP contribution in [0.25, 0.3) is 0 Å². The van der Waals surface area contributed by atoms with E-state index in [-0.39, 0.29) is 5.91 Å². The zero-order valence-corrected chi connectivity index (χ0v) is 7.97. The molecule has 0 radical (unpaired) electrons. The lowest BCUT2D eigenvalue weighted by Crippen LogP contribution is -2.36. The Hall–Kier alpha value is -1.43. The SMILES string of the molecule is CC(C(=O)NN)n1cnc(C2CC2)n1. The number of nitrogens with two attached hydrogens (primary N) is 1. The van der Waals surface area contributed by atoms with Crippen LogP contribution in [0.15, 0.2) is 6.33 Å². The van der Waals surface area contributed by atoms with Crippen molar-refractivity contribution in [1.82, 2.24) is 20.2 Å². The summed E-state index contributed by atoms with van der Waals surface area (Å²) in [5.74, 6) is 6.10. The number of hydrazine groups is 1. The maximum atomic E-state index is 11.2. The van der Waals surface area contributed by atoms with E-state index >= 15 is 0 Å². The molecule has 3 N–H and O–H groups in total. The summed E-state index contributed by atoms with van der Waals surface area (Å²) in [5, 5.41) is 4.23. The van der Waals surface area contributed by atoms with Crippen LogP contribution in [0.5, 0.6) is 0 Å². The van der Waals surface area contributed by atoms with Gasteiger partial charge in [-0.3, -0.25) is 10.2 Å². The van der Waals surface area contributed by atoms with Crippen LogP contribution in [-0.4, -0.2) is 20.7 Å². The van der Waals surface area contributed by atoms with Gasteiger partial charge in [-0.25, -0.2) is 15.5 Å². The topological polar surface area (TPSA) is 85.8 Å². The summed E-state index contributed by atoms with van der Waals surface area (Å²) in [6.07, 6.45) is 3.89. The van der Waals surface area contributed by atoms with Gasteiger partial charge in [-0.15, -0.1) is 0 Å². The maximum Gasteiger partial charge on any atom is 0.258 e. The molecule has 6 nitrogen and oxygen atoms in total. The highest BCUT2D eigenvalue weighted by atomic mass is 16.2. The summed E-state index contributed by atoms with van der Waals surface area (Å²) in [6.45, 7) is 1.73. The first-order chi connectivity index (χ1) is 6.72. The van der Waals surface area contributed by atoms with Crippen molar-refractivity contribution in [1.29, 1.82) is 0 Å². The van der Waals surface area contributed by atoms with Gasteiger partial charge in [-0.05, 0) is 19.8 Å². The van der Waals surface area contributed by atoms with Crippen molar-refractivity contribution in [3.05, 3.63) is 12.2 Å². The minimum absolute atomic E-state index is 0.266. The van der Waals surface area contributed by atoms with Crippen LogP contribution >= 0.6 is 0 Å². The molecule has 1 atom stereocenters. The van der Waals surface area contributed by atoms with Gasteiger partial charge in [-0.1, -0.05) is 0 Å². The average molecular weight is 195 g/mol. The Morgan fingerprint density at radius 1 is 1.79 bits per heavy atom. The molecule has 0 bridgehead atoms. The Morgan fingerprint density at radius 3 is 3.07 bits per heavy atom. The molecule has 1 aromatic heterocycles. The Balaban J connectivity index is 2.11. The van der Waals surface area contributed by atoms with Crippen molar-refractivity contribution in [2.24, 2.45) is 5.84 Å². The fourth-order valence-corrected chi connectivity index (χ4v) is 1.24. The Morgan fingerprint density at radius 2 is 2.50 bits per heavy atom. The summed E-state index contributed by atoms with van der Waals surface area (Å²) in [6, 6.07) is -0.403. The van der Waals surface area contributed by atoms with E-state index in [4.69, 9.17) is 5.84 Å². The van der Waals surface area contributed by atoms with E-state index < -0.39 is 6.04 Å². The van der Waals surface area contributed by atoms with Crippen LogP contribution in [0.3, 0.4) is 0 Å². The number of aromatic nitrogens is 3. The predicted molar refractivity (Wildman–Crippen MR) is 49.0 cm³/mol. The van der Waals surface area contributed by atoms with Crippen molar-refractivity contribution < 1.29 is 4.79 Å². The van der Waals surface area contributed by atoms with E-state index in [1.807, 2.05) is 0 Å². The standard InChI is InChI=1S/C8H13N5O/c1-5(8(14)11-9)13-4-10-7(12-13)6-2-3-6/h4-6H,2-3,9H2,1H3,(H,11,14). The summed E-state index contributed by atoms with van der Waals surface area (Å²) < 4.78 is 1.54. The fourth-order valence-electron chi connectivity index (χ4n) is 1.24. The molecule has 6 heteroatoms. The van der Waals surface area contributed by atoms with Gasteiger partial charge in [-0.2, -0.15) is 5.10 Å². The first-order valence-corrected chi connectivity index (χ1v) is 4.64. The molecule has 2 rings (SSSR count). The van der Waals surface area contributed by atoms with Gasteiger partial charge in [0.1, 0.15) is 12.4 Å². The lowest BCUT2D eigenvalue weighted by molar-refractivity contribution is -0.124. The molecule has 0 spiro atoms. The first-order valence-electron chi connectivity index (χ1n) is 4.64. The number of nitrogens with zero attached hydrogens (tertiary/aromatic N) is 3. The lowest BCUT2D eigenvalue weighted by atomic mass is 10.3. The number of hydrogen-bond donors (Lipinski definition) is 2. The van der Waals surface area contributed by atoms with Crippen molar-refractivity contribution in [3.63, 3.8) is 0 Å². The second kappa shape index (κ2) is 3.38. The molecule has 1 aliphatic rings. The molecular formula is C8H13N5O. The molecular weight excluding hydrogens is 182 g/mol. The number of nitrogens with one attached hydrogen (secondary N) is 1. The van der Waals surface area contributed by atoms with E-state index in [0.717, 1.165) is 18.7 Å². The van der Waals surface area contributed by atoms with Crippen LogP contribution < -0.4 is 11.3 Å². The summed E-state index contributed by atoms with van der Waals surface area (Å²) >= 11 is 0. The fraction of sp³-hybridized carbons (Fsp3) is 0.625. The molecule has 76 valence electrons. The number of carbonyl (C=O) groups excluding carboxylic acids is 1. The van der Waals surface area contributed by atoms with Crippen molar-refractivity contribution in [3.8, 4) is 0 Å². The normalized spacial score (nSPS) is 17.9. The highest BCUT2D eigenvalue weighted by molar-refractivity contribution is 5.78. The maximum absolute atomic E-state index is 11.2. The average Bonchev–Trinajstić information content (AvgIpc) is 2.94. The molecule has 0 aliphatic heterocycles. The second-order valence-corrected chi connectivity index (χ2v) is 3.54. The van der Waals surface area contributed by atoms with Crippen LogP contribution in [0.1, 0.15) is 37.5 Å². The monoisotopic (exact) mass is 195 g/mol. The first kappa shape index (κ1) is 9.14. The van der Waals surface area contributed by atoms with Crippen LogP contribution in [0, 0.1) is 0 Å². The molecule has 1 amide bonds. The van der Waals surface area contributed by atoms with Gasteiger partial charge in [0.15, 0.2) is 5.82 Å². The van der Waals surface area contributed by atoms with Gasteiger partial charge in [0, 0.05) is 5.92 Å². The largest absolute Gasteiger partial charge is 0.292 e. The third kappa shape index (κ3) is 1.60. The minimum atomic E-state index is -0.403. The van der Waals surface area contributed by atoms with Crippen LogP contribution in [0.4, 0.5) is 0 Å². The lowest BCUT2D eigenvalue weighted by Gasteiger charge is -2.08. The molecule has 1 aromatic rings. The molecule has 1 unspecified atom stereocenters. The van der Waals surface area contributed by atoms with Crippen molar-refractivity contribution in [2.45, 2.75) is 31.7 Å². The third-order valence-electron chi connectivity index (χ3n) is 2.39. The Bertz CT molecular complexity index is 343. The molecule has 14 heavy (non-hydrogen) atoms. The highest BCUT2D eigenvalue weighted by Gasteiger charge is 2.28. The quantitative estimate of drug-likeness (QED) is 0.394. The second-order valence-electron chi connectivity index (χ2n) is 3.54. The molecule has 1 fully saturated rings. The summed E-state index contributed by atoms with van der Waals surface area (Å²) in [4.78, 5) is 15.3. The van der Waals surface area contributed by atoms with Gasteiger partial charge in [0.05, 0.1) is 0 Å². The molecule has 1 aliphatic carbocycles. The molecule has 1 saturated carbocycles. The van der Waals surface area contributed by atoms with Gasteiger partial charge < -0.3 is 0 Å². The van der Waals surface area contributed by atoms with Crippen LogP contribution in [-0.2, 0) is 4.79 Å². The van der Waals surface area contributed by atoms with Gasteiger partial charge >= 0.3 is 0 Å². The van der Waals surface area contributed by atoms with Crippen molar-refractivity contribution in [2.75, 3.05) is 0 Å². The summed E-state index contributed by atoms with van der Waals surface area (Å²) in [5.41, 5.74) is 2.09. The van der Waals surface area contributed by atoms with Crippen molar-refractivity contribution >= 4 is 5.91 Å². The van der Waals surface area contributed by atoms with Gasteiger partial charge in [0.25, 0.3) is 5.91 Å². The van der Waals surface area contributed by atoms with Crippen LogP contribution in [0.2, 0.25) is 0 Å². The van der Waals surface area contributed by atoms with E-state index in [1.54, 1.807) is 13.3 Å². The molecule has 0 aromatic carbocycles. The Kier molecular flexibility index (Phi) is 2.20. The van der Waals surface area contributed by atoms with E-state index in [2.05, 4.69) is 15.5 Å². The zero-order valence-electron chi connectivity index (χ0n) is 7.97. The number of carbonyl (C=O) groups is 1. The number of amides is 1. The molecule has 0 saturated heterocycles. The smallest absolute Gasteiger partial charge is 0.258 e. The number of hydrogen-bond acceptors (Lipinski definition) is 4. The third-order valence-corrected chi connectivity index (χ3v) is 2.39. The van der Waals surface area contributed by atoms with E-state index in [1.165, 1.54) is 4.68 Å². The Labute approximate surface area is 81.5 Å². The van der Waals surface area contributed by atoms with Gasteiger partial charge in [0.2, 0.25) is 0 Å². The summed E-state index contributed by atoms with van der Waals surface area (Å²) in [7, 11) is 0. The van der Waals surface area contributed by atoms with E-state index in [0.29, 0.717) is 5.92 Å². The zero-order chi connectivity index (χ0) is 10.1. The minimum Gasteiger partial charge on any atom is -0.292 e. The highest BCUT2D eigenvalue weighted by Crippen LogP contribution is 2.37. The molecule has 1 heterocycles. The predicted octanol–water partition coefficient (Wildman–Crippen LogP) is -0.294. The van der Waals surface area contributed by atoms with E-state index in [9.17, 15) is 4.79 Å². The number of rotatable bonds is 3.